The summed E-state index contributed by atoms with van der Waals surface area (Å²) in [5.74, 6) is 0.900. The van der Waals surface area contributed by atoms with Crippen LogP contribution in [0.15, 0.2) is 47.7 Å². The average Bonchev–Trinajstić information content (AvgIpc) is 3.41. The van der Waals surface area contributed by atoms with Gasteiger partial charge in [-0.2, -0.15) is 5.10 Å². The van der Waals surface area contributed by atoms with Gasteiger partial charge in [-0.3, -0.25) is 0 Å². The van der Waals surface area contributed by atoms with Gasteiger partial charge in [-0.15, -0.1) is 0 Å². The van der Waals surface area contributed by atoms with E-state index in [0.29, 0.717) is 26.2 Å². The van der Waals surface area contributed by atoms with E-state index < -0.39 is 6.17 Å². The highest BCUT2D eigenvalue weighted by Gasteiger charge is 2.28. The molecule has 0 unspecified atom stereocenters. The summed E-state index contributed by atoms with van der Waals surface area (Å²) in [5.41, 5.74) is 7.71. The van der Waals surface area contributed by atoms with Crippen molar-refractivity contribution in [2.24, 2.45) is 0 Å². The van der Waals surface area contributed by atoms with Crippen LogP contribution in [0.5, 0.6) is 0 Å². The van der Waals surface area contributed by atoms with Gasteiger partial charge in [0.15, 0.2) is 0 Å². The topological polar surface area (TPSA) is 68.1 Å². The van der Waals surface area contributed by atoms with E-state index in [2.05, 4.69) is 29.3 Å². The van der Waals surface area contributed by atoms with E-state index in [1.54, 1.807) is 0 Å². The Morgan fingerprint density at radius 1 is 1.09 bits per heavy atom. The van der Waals surface area contributed by atoms with Gasteiger partial charge in [-0.1, -0.05) is 12.1 Å². The highest BCUT2D eigenvalue weighted by Crippen LogP contribution is 2.30. The van der Waals surface area contributed by atoms with Gasteiger partial charge in [0, 0.05) is 30.6 Å². The Balaban J connectivity index is 1.43. The Bertz CT molecular complexity index is 1310. The number of hydrogen-bond acceptors (Lipinski definition) is 6. The molecule has 1 atom stereocenters. The van der Waals surface area contributed by atoms with Crippen LogP contribution in [0.3, 0.4) is 0 Å². The summed E-state index contributed by atoms with van der Waals surface area (Å²) in [4.78, 5) is 11.8. The maximum atomic E-state index is 14.0. The zero-order valence-corrected chi connectivity index (χ0v) is 19.6. The molecule has 3 aliphatic heterocycles. The standard InChI is InChI=1S/C26H29FN6O/c1-16-7-8-20-11-23(26-17(2)28-21-5-3-4-6-22(21)30-26)31-33(20)25(29-19-14-34-15-19)12-24(16)32-10-9-18(27)13-32/h3-6,11-12,18-19,29H,7-10,13-15H2,1-2H3/t18-/m1/s1. The third kappa shape index (κ3) is 3.86. The first-order chi connectivity index (χ1) is 16.5. The molecule has 5 heterocycles. The number of benzene rings is 1. The number of rotatable bonds is 4. The minimum atomic E-state index is -0.767. The number of halogens is 1. The Hall–Kier alpha value is -3.26. The lowest BCUT2D eigenvalue weighted by Crippen LogP contribution is -2.46. The minimum Gasteiger partial charge on any atom is -0.377 e. The molecular formula is C26H29FN6O. The second-order valence-electron chi connectivity index (χ2n) is 9.48. The maximum absolute atomic E-state index is 14.0. The Morgan fingerprint density at radius 3 is 2.59 bits per heavy atom. The number of hydrogen-bond donors (Lipinski definition) is 1. The first-order valence-electron chi connectivity index (χ1n) is 12.0. The first-order valence-corrected chi connectivity index (χ1v) is 12.0. The molecule has 6 rings (SSSR count). The van der Waals surface area contributed by atoms with Gasteiger partial charge in [-0.05, 0) is 56.9 Å². The number of aryl methyl sites for hydroxylation is 2. The Kier molecular flexibility index (Phi) is 5.32. The van der Waals surface area contributed by atoms with Crippen molar-refractivity contribution >= 4 is 16.9 Å². The van der Waals surface area contributed by atoms with Crippen molar-refractivity contribution < 1.29 is 9.13 Å². The van der Waals surface area contributed by atoms with Crippen LogP contribution in [0.2, 0.25) is 0 Å². The van der Waals surface area contributed by atoms with Gasteiger partial charge < -0.3 is 15.0 Å². The second kappa shape index (κ2) is 8.51. The largest absolute Gasteiger partial charge is 0.377 e. The Labute approximate surface area is 198 Å². The van der Waals surface area contributed by atoms with E-state index in [-0.39, 0.29) is 6.04 Å². The van der Waals surface area contributed by atoms with Gasteiger partial charge in [-0.25, -0.2) is 19.0 Å². The van der Waals surface area contributed by atoms with Crippen LogP contribution in [-0.4, -0.2) is 63.2 Å². The summed E-state index contributed by atoms with van der Waals surface area (Å²) in [5, 5.41) is 8.63. The molecule has 34 heavy (non-hydrogen) atoms. The molecule has 2 aromatic heterocycles. The quantitative estimate of drug-likeness (QED) is 0.638. The van der Waals surface area contributed by atoms with Crippen molar-refractivity contribution in [3.05, 3.63) is 59.1 Å². The molecule has 2 fully saturated rings. The van der Waals surface area contributed by atoms with Gasteiger partial charge >= 0.3 is 0 Å². The number of alkyl halides is 1. The molecule has 1 aromatic carbocycles. The lowest BCUT2D eigenvalue weighted by atomic mass is 10.0. The van der Waals surface area contributed by atoms with Gasteiger partial charge in [0.25, 0.3) is 0 Å². The number of nitrogens with zero attached hydrogens (tertiary/aromatic N) is 5. The lowest BCUT2D eigenvalue weighted by molar-refractivity contribution is 0.00130. The van der Waals surface area contributed by atoms with E-state index in [1.165, 1.54) is 5.57 Å². The zero-order valence-electron chi connectivity index (χ0n) is 19.6. The summed E-state index contributed by atoms with van der Waals surface area (Å²) in [6.07, 6.45) is 3.70. The second-order valence-corrected chi connectivity index (χ2v) is 9.48. The van der Waals surface area contributed by atoms with Crippen molar-refractivity contribution in [3.8, 4) is 11.4 Å². The molecule has 0 saturated carbocycles. The summed E-state index contributed by atoms with van der Waals surface area (Å²) in [6, 6.07) is 10.3. The normalized spacial score (nSPS) is 21.2. The monoisotopic (exact) mass is 460 g/mol. The van der Waals surface area contributed by atoms with Crippen LogP contribution in [0, 0.1) is 6.92 Å². The number of allylic oxidation sites excluding steroid dienone is 2. The first kappa shape index (κ1) is 21.3. The summed E-state index contributed by atoms with van der Waals surface area (Å²) >= 11 is 0. The fraction of sp³-hybridized carbons (Fsp3) is 0.423. The number of likely N-dealkylation sites (tertiary alicyclic amines) is 1. The molecule has 0 amide bonds. The van der Waals surface area contributed by atoms with E-state index in [0.717, 1.165) is 64.7 Å². The van der Waals surface area contributed by atoms with Gasteiger partial charge in [0.05, 0.1) is 36.0 Å². The summed E-state index contributed by atoms with van der Waals surface area (Å²) in [6.45, 7) is 6.68. The third-order valence-electron chi connectivity index (χ3n) is 6.93. The van der Waals surface area contributed by atoms with Crippen LogP contribution in [0.4, 0.5) is 4.39 Å². The van der Waals surface area contributed by atoms with Crippen LogP contribution in [0.25, 0.3) is 28.2 Å². The SMILES string of the molecule is CC1=C(N2CC[C@@H](F)C2)C=C(NC2COC2)n2nc(-c3nc4ccccc4nc3C)cc2CC1. The molecular weight excluding hydrogens is 431 g/mol. The predicted molar refractivity (Wildman–Crippen MR) is 130 cm³/mol. The van der Waals surface area contributed by atoms with Crippen molar-refractivity contribution in [2.75, 3.05) is 26.3 Å². The fourth-order valence-electron chi connectivity index (χ4n) is 4.94. The maximum Gasteiger partial charge on any atom is 0.130 e. The highest BCUT2D eigenvalue weighted by molar-refractivity contribution is 5.77. The van der Waals surface area contributed by atoms with Crippen LogP contribution in [-0.2, 0) is 11.2 Å². The molecule has 7 nitrogen and oxygen atoms in total. The molecule has 3 aliphatic rings. The lowest BCUT2D eigenvalue weighted by Gasteiger charge is -2.31. The molecule has 176 valence electrons. The van der Waals surface area contributed by atoms with Gasteiger partial charge in [0.2, 0.25) is 0 Å². The Morgan fingerprint density at radius 2 is 1.88 bits per heavy atom. The van der Waals surface area contributed by atoms with Crippen molar-refractivity contribution in [3.63, 3.8) is 0 Å². The van der Waals surface area contributed by atoms with E-state index in [4.69, 9.17) is 19.8 Å². The van der Waals surface area contributed by atoms with E-state index >= 15 is 0 Å². The number of fused-ring (bicyclic) bond motifs is 2. The molecule has 0 aliphatic carbocycles. The molecule has 2 saturated heterocycles. The average molecular weight is 461 g/mol. The minimum absolute atomic E-state index is 0.238. The number of nitrogens with one attached hydrogen (secondary N) is 1. The molecule has 1 N–H and O–H groups in total. The van der Waals surface area contributed by atoms with Crippen molar-refractivity contribution in [2.45, 2.75) is 45.3 Å². The van der Waals surface area contributed by atoms with Crippen LogP contribution < -0.4 is 5.32 Å². The van der Waals surface area contributed by atoms with Crippen LogP contribution >= 0.6 is 0 Å². The smallest absolute Gasteiger partial charge is 0.130 e. The predicted octanol–water partition coefficient (Wildman–Crippen LogP) is 3.85. The van der Waals surface area contributed by atoms with Crippen molar-refractivity contribution in [1.82, 2.24) is 30.0 Å². The van der Waals surface area contributed by atoms with Gasteiger partial charge in [0.1, 0.15) is 23.4 Å². The fourth-order valence-corrected chi connectivity index (χ4v) is 4.94. The van der Waals surface area contributed by atoms with Crippen molar-refractivity contribution in [1.29, 1.82) is 0 Å². The zero-order chi connectivity index (χ0) is 23.2. The molecule has 0 radical (unpaired) electrons. The molecule has 0 spiro atoms. The summed E-state index contributed by atoms with van der Waals surface area (Å²) in [7, 11) is 0. The molecule has 0 bridgehead atoms. The number of para-hydroxylation sites is 2. The number of ether oxygens (including phenoxy) is 1. The third-order valence-corrected chi connectivity index (χ3v) is 6.93. The summed E-state index contributed by atoms with van der Waals surface area (Å²) < 4.78 is 21.4. The van der Waals surface area contributed by atoms with Crippen LogP contribution in [0.1, 0.15) is 31.2 Å². The number of aromatic nitrogens is 4. The molecule has 3 aromatic rings. The van der Waals surface area contributed by atoms with E-state index in [1.807, 2.05) is 35.9 Å². The molecule has 8 heteroatoms. The van der Waals surface area contributed by atoms with E-state index in [9.17, 15) is 4.39 Å². The highest BCUT2D eigenvalue weighted by atomic mass is 19.1.